The molecule has 3 heteroatoms. The van der Waals surface area contributed by atoms with Crippen LogP contribution in [0.25, 0.3) is 11.1 Å². The van der Waals surface area contributed by atoms with Crippen molar-refractivity contribution in [2.24, 2.45) is 0 Å². The first kappa shape index (κ1) is 12.4. The highest BCUT2D eigenvalue weighted by molar-refractivity contribution is 9.09. The van der Waals surface area contributed by atoms with Gasteiger partial charge in [-0.15, -0.1) is 0 Å². The molecule has 2 nitrogen and oxygen atoms in total. The molecule has 1 N–H and O–H groups in total. The smallest absolute Gasteiger partial charge is 0.225 e. The third kappa shape index (κ3) is 2.30. The number of carbonyl (C=O) groups excluding carboxylic acids is 1. The van der Waals surface area contributed by atoms with Crippen LogP contribution in [-0.2, 0) is 11.2 Å². The van der Waals surface area contributed by atoms with Gasteiger partial charge in [0.25, 0.3) is 0 Å². The molecular formula is C16H14BrNO. The lowest BCUT2D eigenvalue weighted by Crippen LogP contribution is -2.12. The Labute approximate surface area is 121 Å². The molecule has 96 valence electrons. The van der Waals surface area contributed by atoms with Crippen LogP contribution in [0.3, 0.4) is 0 Å². The topological polar surface area (TPSA) is 29.1 Å². The summed E-state index contributed by atoms with van der Waals surface area (Å²) in [5.74, 6) is 0.0506. The van der Waals surface area contributed by atoms with Crippen molar-refractivity contribution in [1.82, 2.24) is 0 Å². The standard InChI is InChI=1S/C16H14BrNO/c17-9-8-15(19)18-14-7-3-5-12-10-11-4-1-2-6-13(11)16(12)14/h1-7H,8-10H2,(H,18,19). The van der Waals surface area contributed by atoms with Crippen LogP contribution in [0.4, 0.5) is 5.69 Å². The zero-order chi connectivity index (χ0) is 13.2. The fourth-order valence-electron chi connectivity index (χ4n) is 2.59. The largest absolute Gasteiger partial charge is 0.325 e. The Morgan fingerprint density at radius 2 is 1.89 bits per heavy atom. The summed E-state index contributed by atoms with van der Waals surface area (Å²) in [5, 5.41) is 3.70. The SMILES string of the molecule is O=C(CCBr)Nc1cccc2c1-c1ccccc1C2. The molecule has 0 aliphatic heterocycles. The van der Waals surface area contributed by atoms with Crippen LogP contribution < -0.4 is 5.32 Å². The Hall–Kier alpha value is -1.61. The quantitative estimate of drug-likeness (QED) is 0.728. The highest BCUT2D eigenvalue weighted by Crippen LogP contribution is 2.41. The molecule has 0 saturated heterocycles. The van der Waals surface area contributed by atoms with Crippen molar-refractivity contribution in [3.8, 4) is 11.1 Å². The minimum Gasteiger partial charge on any atom is -0.325 e. The molecule has 0 unspecified atom stereocenters. The number of benzene rings is 2. The first-order valence-electron chi connectivity index (χ1n) is 6.35. The second-order valence-electron chi connectivity index (χ2n) is 4.66. The molecule has 1 amide bonds. The van der Waals surface area contributed by atoms with E-state index < -0.39 is 0 Å². The van der Waals surface area contributed by atoms with Gasteiger partial charge in [0.2, 0.25) is 5.91 Å². The van der Waals surface area contributed by atoms with Gasteiger partial charge in [0.15, 0.2) is 0 Å². The van der Waals surface area contributed by atoms with Gasteiger partial charge >= 0.3 is 0 Å². The third-order valence-corrected chi connectivity index (χ3v) is 3.81. The van der Waals surface area contributed by atoms with E-state index in [1.807, 2.05) is 18.2 Å². The highest BCUT2D eigenvalue weighted by Gasteiger charge is 2.21. The zero-order valence-corrected chi connectivity index (χ0v) is 12.0. The number of hydrogen-bond acceptors (Lipinski definition) is 1. The van der Waals surface area contributed by atoms with Crippen LogP contribution in [0.5, 0.6) is 0 Å². The molecule has 2 aromatic rings. The van der Waals surface area contributed by atoms with Crippen LogP contribution in [0.15, 0.2) is 42.5 Å². The van der Waals surface area contributed by atoms with Crippen LogP contribution in [0.1, 0.15) is 17.5 Å². The predicted molar refractivity (Wildman–Crippen MR) is 81.7 cm³/mol. The van der Waals surface area contributed by atoms with Gasteiger partial charge in [-0.1, -0.05) is 52.3 Å². The summed E-state index contributed by atoms with van der Waals surface area (Å²) >= 11 is 3.29. The fraction of sp³-hybridized carbons (Fsp3) is 0.188. The van der Waals surface area contributed by atoms with E-state index in [2.05, 4.69) is 45.5 Å². The molecule has 0 aromatic heterocycles. The number of alkyl halides is 1. The maximum absolute atomic E-state index is 11.8. The summed E-state index contributed by atoms with van der Waals surface area (Å²) in [4.78, 5) is 11.8. The van der Waals surface area contributed by atoms with E-state index >= 15 is 0 Å². The molecule has 0 fully saturated rings. The third-order valence-electron chi connectivity index (χ3n) is 3.41. The van der Waals surface area contributed by atoms with Crippen LogP contribution in [0.2, 0.25) is 0 Å². The van der Waals surface area contributed by atoms with Crippen molar-refractivity contribution in [2.75, 3.05) is 10.6 Å². The molecule has 0 atom stereocenters. The van der Waals surface area contributed by atoms with Gasteiger partial charge < -0.3 is 5.32 Å². The van der Waals surface area contributed by atoms with Gasteiger partial charge in [-0.05, 0) is 29.2 Å². The predicted octanol–water partition coefficient (Wildman–Crippen LogP) is 3.98. The molecule has 0 saturated carbocycles. The van der Waals surface area contributed by atoms with Crippen molar-refractivity contribution in [1.29, 1.82) is 0 Å². The van der Waals surface area contributed by atoms with Crippen LogP contribution >= 0.6 is 15.9 Å². The summed E-state index contributed by atoms with van der Waals surface area (Å²) in [7, 11) is 0. The number of anilines is 1. The fourth-order valence-corrected chi connectivity index (χ4v) is 2.95. The lowest BCUT2D eigenvalue weighted by molar-refractivity contribution is -0.115. The summed E-state index contributed by atoms with van der Waals surface area (Å²) in [5.41, 5.74) is 5.97. The Balaban J connectivity index is 2.02. The van der Waals surface area contributed by atoms with E-state index in [1.165, 1.54) is 22.3 Å². The van der Waals surface area contributed by atoms with Gasteiger partial charge in [-0.2, -0.15) is 0 Å². The number of amides is 1. The highest BCUT2D eigenvalue weighted by atomic mass is 79.9. The van der Waals surface area contributed by atoms with Gasteiger partial charge in [0.1, 0.15) is 0 Å². The lowest BCUT2D eigenvalue weighted by atomic mass is 10.0. The minimum atomic E-state index is 0.0506. The molecule has 0 radical (unpaired) electrons. The van der Waals surface area contributed by atoms with Gasteiger partial charge in [0.05, 0.1) is 0 Å². The summed E-state index contributed by atoms with van der Waals surface area (Å²) in [6.07, 6.45) is 1.44. The minimum absolute atomic E-state index is 0.0506. The normalized spacial score (nSPS) is 11.8. The molecule has 19 heavy (non-hydrogen) atoms. The van der Waals surface area contributed by atoms with E-state index in [0.717, 1.165) is 12.1 Å². The Morgan fingerprint density at radius 1 is 1.11 bits per heavy atom. The average Bonchev–Trinajstić information content (AvgIpc) is 2.78. The second kappa shape index (κ2) is 5.17. The first-order valence-corrected chi connectivity index (χ1v) is 7.47. The molecule has 1 aliphatic carbocycles. The van der Waals surface area contributed by atoms with Crippen molar-refractivity contribution < 1.29 is 4.79 Å². The number of rotatable bonds is 3. The van der Waals surface area contributed by atoms with E-state index in [1.54, 1.807) is 0 Å². The van der Waals surface area contributed by atoms with Crippen LogP contribution in [0, 0.1) is 0 Å². The van der Waals surface area contributed by atoms with Gasteiger partial charge in [-0.3, -0.25) is 4.79 Å². The van der Waals surface area contributed by atoms with Gasteiger partial charge in [0, 0.05) is 23.0 Å². The number of nitrogens with one attached hydrogen (secondary N) is 1. The molecule has 2 aromatic carbocycles. The Kier molecular flexibility index (Phi) is 3.38. The molecule has 0 heterocycles. The Bertz CT molecular complexity index is 636. The maximum Gasteiger partial charge on any atom is 0.225 e. The summed E-state index contributed by atoms with van der Waals surface area (Å²) in [6, 6.07) is 14.5. The van der Waals surface area contributed by atoms with Crippen LogP contribution in [-0.4, -0.2) is 11.2 Å². The molecule has 0 spiro atoms. The van der Waals surface area contributed by atoms with E-state index in [4.69, 9.17) is 0 Å². The molecular weight excluding hydrogens is 302 g/mol. The molecule has 0 bridgehead atoms. The van der Waals surface area contributed by atoms with Crippen molar-refractivity contribution in [2.45, 2.75) is 12.8 Å². The maximum atomic E-state index is 11.8. The van der Waals surface area contributed by atoms with Gasteiger partial charge in [-0.25, -0.2) is 0 Å². The number of halogens is 1. The zero-order valence-electron chi connectivity index (χ0n) is 10.4. The number of hydrogen-bond donors (Lipinski definition) is 1. The molecule has 3 rings (SSSR count). The second-order valence-corrected chi connectivity index (χ2v) is 5.45. The molecule has 1 aliphatic rings. The van der Waals surface area contributed by atoms with Crippen molar-refractivity contribution >= 4 is 27.5 Å². The van der Waals surface area contributed by atoms with E-state index in [0.29, 0.717) is 11.8 Å². The average molecular weight is 316 g/mol. The van der Waals surface area contributed by atoms with E-state index in [9.17, 15) is 4.79 Å². The Morgan fingerprint density at radius 3 is 2.74 bits per heavy atom. The first-order chi connectivity index (χ1) is 9.29. The number of carbonyl (C=O) groups is 1. The number of fused-ring (bicyclic) bond motifs is 3. The summed E-state index contributed by atoms with van der Waals surface area (Å²) < 4.78 is 0. The van der Waals surface area contributed by atoms with E-state index in [-0.39, 0.29) is 5.91 Å². The lowest BCUT2D eigenvalue weighted by Gasteiger charge is -2.10. The van der Waals surface area contributed by atoms with Crippen molar-refractivity contribution in [3.63, 3.8) is 0 Å². The monoisotopic (exact) mass is 315 g/mol. The summed E-state index contributed by atoms with van der Waals surface area (Å²) in [6.45, 7) is 0. The van der Waals surface area contributed by atoms with Crippen molar-refractivity contribution in [3.05, 3.63) is 53.6 Å².